The van der Waals surface area contributed by atoms with Crippen LogP contribution in [0.1, 0.15) is 31.1 Å². The lowest BCUT2D eigenvalue weighted by Crippen LogP contribution is -2.43. The van der Waals surface area contributed by atoms with E-state index in [-0.39, 0.29) is 12.7 Å². The zero-order chi connectivity index (χ0) is 15.0. The van der Waals surface area contributed by atoms with E-state index >= 15 is 0 Å². The lowest BCUT2D eigenvalue weighted by atomic mass is 10.2. The number of amides is 2. The van der Waals surface area contributed by atoms with Gasteiger partial charge in [0.15, 0.2) is 0 Å². The highest BCUT2D eigenvalue weighted by Crippen LogP contribution is 2.14. The quantitative estimate of drug-likeness (QED) is 0.769. The maximum atomic E-state index is 11.8. The number of benzene rings is 1. The second kappa shape index (κ2) is 8.16. The van der Waals surface area contributed by atoms with Gasteiger partial charge in [-0.3, -0.25) is 20.4 Å². The SMILES string of the molecule is CCOCC(=O)NNC(=O)c1cccc(OC(C)C)c1. The van der Waals surface area contributed by atoms with Gasteiger partial charge in [-0.05, 0) is 39.0 Å². The molecule has 0 aliphatic rings. The molecule has 0 atom stereocenters. The molecule has 0 spiro atoms. The van der Waals surface area contributed by atoms with E-state index in [1.807, 2.05) is 13.8 Å². The number of carbonyl (C=O) groups excluding carboxylic acids is 2. The number of hydrogen-bond acceptors (Lipinski definition) is 4. The Hall–Kier alpha value is -2.08. The van der Waals surface area contributed by atoms with E-state index in [9.17, 15) is 9.59 Å². The van der Waals surface area contributed by atoms with E-state index in [2.05, 4.69) is 10.9 Å². The second-order valence-electron chi connectivity index (χ2n) is 4.33. The standard InChI is InChI=1S/C14H20N2O4/c1-4-19-9-13(17)15-16-14(18)11-6-5-7-12(8-11)20-10(2)3/h5-8,10H,4,9H2,1-3H3,(H,15,17)(H,16,18). The Balaban J connectivity index is 2.52. The molecule has 0 heterocycles. The fourth-order valence-electron chi connectivity index (χ4n) is 1.41. The third-order valence-corrected chi connectivity index (χ3v) is 2.22. The van der Waals surface area contributed by atoms with Crippen LogP contribution in [-0.2, 0) is 9.53 Å². The van der Waals surface area contributed by atoms with E-state index in [0.717, 1.165) is 0 Å². The molecule has 0 aliphatic heterocycles. The number of hydrazine groups is 1. The van der Waals surface area contributed by atoms with Crippen molar-refractivity contribution >= 4 is 11.8 Å². The Bertz CT molecular complexity index is 460. The molecule has 0 saturated heterocycles. The van der Waals surface area contributed by atoms with Crippen molar-refractivity contribution in [1.29, 1.82) is 0 Å². The summed E-state index contributed by atoms with van der Waals surface area (Å²) < 4.78 is 10.4. The monoisotopic (exact) mass is 280 g/mol. The van der Waals surface area contributed by atoms with Crippen LogP contribution in [0.25, 0.3) is 0 Å². The van der Waals surface area contributed by atoms with Gasteiger partial charge in [0.2, 0.25) is 0 Å². The molecule has 0 bridgehead atoms. The molecule has 0 fully saturated rings. The Kier molecular flexibility index (Phi) is 6.52. The summed E-state index contributed by atoms with van der Waals surface area (Å²) in [6.07, 6.45) is 0.0270. The number of rotatable bonds is 6. The highest BCUT2D eigenvalue weighted by molar-refractivity contribution is 5.95. The smallest absolute Gasteiger partial charge is 0.269 e. The summed E-state index contributed by atoms with van der Waals surface area (Å²) in [6, 6.07) is 6.74. The van der Waals surface area contributed by atoms with Crippen molar-refractivity contribution in [3.8, 4) is 5.75 Å². The molecule has 0 aliphatic carbocycles. The van der Waals surface area contributed by atoms with Crippen LogP contribution >= 0.6 is 0 Å². The number of hydrogen-bond donors (Lipinski definition) is 2. The number of carbonyl (C=O) groups is 2. The first kappa shape index (κ1) is 16.0. The third-order valence-electron chi connectivity index (χ3n) is 2.22. The number of ether oxygens (including phenoxy) is 2. The highest BCUT2D eigenvalue weighted by atomic mass is 16.5. The normalized spacial score (nSPS) is 10.2. The summed E-state index contributed by atoms with van der Waals surface area (Å²) in [7, 11) is 0. The molecule has 2 amide bonds. The molecule has 2 N–H and O–H groups in total. The molecule has 0 aromatic heterocycles. The van der Waals surface area contributed by atoms with Gasteiger partial charge in [-0.25, -0.2) is 0 Å². The molecule has 110 valence electrons. The Labute approximate surface area is 118 Å². The Morgan fingerprint density at radius 2 is 2.00 bits per heavy atom. The first-order valence-electron chi connectivity index (χ1n) is 6.46. The lowest BCUT2D eigenvalue weighted by Gasteiger charge is -2.11. The van der Waals surface area contributed by atoms with Crippen LogP contribution in [0.3, 0.4) is 0 Å². The number of nitrogens with one attached hydrogen (secondary N) is 2. The zero-order valence-corrected chi connectivity index (χ0v) is 11.9. The van der Waals surface area contributed by atoms with Gasteiger partial charge in [0.1, 0.15) is 12.4 Å². The first-order chi connectivity index (χ1) is 9.52. The minimum absolute atomic E-state index is 0.0270. The summed E-state index contributed by atoms with van der Waals surface area (Å²) >= 11 is 0. The van der Waals surface area contributed by atoms with Gasteiger partial charge < -0.3 is 9.47 Å². The molecule has 0 unspecified atom stereocenters. The van der Waals surface area contributed by atoms with E-state index in [0.29, 0.717) is 17.9 Å². The fourth-order valence-corrected chi connectivity index (χ4v) is 1.41. The molecule has 6 heteroatoms. The van der Waals surface area contributed by atoms with Crippen LogP contribution in [0.2, 0.25) is 0 Å². The van der Waals surface area contributed by atoms with Gasteiger partial charge in [-0.1, -0.05) is 6.07 Å². The van der Waals surface area contributed by atoms with Gasteiger partial charge in [-0.15, -0.1) is 0 Å². The van der Waals surface area contributed by atoms with Crippen LogP contribution in [0.4, 0.5) is 0 Å². The summed E-state index contributed by atoms with van der Waals surface area (Å²) in [5.74, 6) is -0.216. The maximum absolute atomic E-state index is 11.8. The van der Waals surface area contributed by atoms with Crippen LogP contribution in [0.5, 0.6) is 5.75 Å². The third kappa shape index (κ3) is 5.71. The zero-order valence-electron chi connectivity index (χ0n) is 11.9. The average Bonchev–Trinajstić information content (AvgIpc) is 2.42. The van der Waals surface area contributed by atoms with Crippen LogP contribution in [-0.4, -0.2) is 31.1 Å². The highest BCUT2D eigenvalue weighted by Gasteiger charge is 2.08. The molecule has 1 rings (SSSR count). The lowest BCUT2D eigenvalue weighted by molar-refractivity contribution is -0.126. The van der Waals surface area contributed by atoms with Gasteiger partial charge in [0.05, 0.1) is 6.10 Å². The van der Waals surface area contributed by atoms with Crippen molar-refractivity contribution in [2.24, 2.45) is 0 Å². The minimum atomic E-state index is -0.413. The van der Waals surface area contributed by atoms with Crippen molar-refractivity contribution in [3.05, 3.63) is 29.8 Å². The fraction of sp³-hybridized carbons (Fsp3) is 0.429. The van der Waals surface area contributed by atoms with Gasteiger partial charge in [0.25, 0.3) is 11.8 Å². The van der Waals surface area contributed by atoms with Gasteiger partial charge in [-0.2, -0.15) is 0 Å². The van der Waals surface area contributed by atoms with Crippen LogP contribution < -0.4 is 15.6 Å². The Morgan fingerprint density at radius 1 is 1.25 bits per heavy atom. The van der Waals surface area contributed by atoms with Crippen molar-refractivity contribution in [2.45, 2.75) is 26.9 Å². The molecule has 1 aromatic carbocycles. The topological polar surface area (TPSA) is 76.7 Å². The Morgan fingerprint density at radius 3 is 2.65 bits per heavy atom. The van der Waals surface area contributed by atoms with Gasteiger partial charge >= 0.3 is 0 Å². The van der Waals surface area contributed by atoms with Gasteiger partial charge in [0, 0.05) is 12.2 Å². The van der Waals surface area contributed by atoms with E-state index < -0.39 is 11.8 Å². The van der Waals surface area contributed by atoms with Crippen LogP contribution in [0, 0.1) is 0 Å². The van der Waals surface area contributed by atoms with E-state index in [4.69, 9.17) is 9.47 Å². The molecule has 20 heavy (non-hydrogen) atoms. The average molecular weight is 280 g/mol. The molecular formula is C14H20N2O4. The predicted molar refractivity (Wildman–Crippen MR) is 74.3 cm³/mol. The molecule has 0 saturated carbocycles. The molecule has 0 radical (unpaired) electrons. The first-order valence-corrected chi connectivity index (χ1v) is 6.46. The van der Waals surface area contributed by atoms with Crippen molar-refractivity contribution in [2.75, 3.05) is 13.2 Å². The minimum Gasteiger partial charge on any atom is -0.491 e. The summed E-state index contributed by atoms with van der Waals surface area (Å²) in [5.41, 5.74) is 4.99. The van der Waals surface area contributed by atoms with Crippen molar-refractivity contribution in [3.63, 3.8) is 0 Å². The largest absolute Gasteiger partial charge is 0.491 e. The predicted octanol–water partition coefficient (Wildman–Crippen LogP) is 1.27. The second-order valence-corrected chi connectivity index (χ2v) is 4.33. The molecule has 6 nitrogen and oxygen atoms in total. The molecular weight excluding hydrogens is 260 g/mol. The molecule has 1 aromatic rings. The maximum Gasteiger partial charge on any atom is 0.269 e. The van der Waals surface area contributed by atoms with Crippen molar-refractivity contribution in [1.82, 2.24) is 10.9 Å². The van der Waals surface area contributed by atoms with E-state index in [1.165, 1.54) is 0 Å². The van der Waals surface area contributed by atoms with E-state index in [1.54, 1.807) is 31.2 Å². The summed E-state index contributed by atoms with van der Waals surface area (Å²) in [4.78, 5) is 23.1. The van der Waals surface area contributed by atoms with Crippen LogP contribution in [0.15, 0.2) is 24.3 Å². The van der Waals surface area contributed by atoms with Crippen molar-refractivity contribution < 1.29 is 19.1 Å². The summed E-state index contributed by atoms with van der Waals surface area (Å²) in [5, 5.41) is 0. The summed E-state index contributed by atoms with van der Waals surface area (Å²) in [6.45, 7) is 5.94.